The van der Waals surface area contributed by atoms with Gasteiger partial charge in [-0.2, -0.15) is 0 Å². The lowest BCUT2D eigenvalue weighted by atomic mass is 10.1. The van der Waals surface area contributed by atoms with Crippen LogP contribution < -0.4 is 11.1 Å². The Balaban J connectivity index is 1.50. The molecule has 23 heavy (non-hydrogen) atoms. The monoisotopic (exact) mass is 308 g/mol. The number of rotatable bonds is 6. The quantitative estimate of drug-likeness (QED) is 0.649. The van der Waals surface area contributed by atoms with Gasteiger partial charge >= 0.3 is 0 Å². The number of fused-ring (bicyclic) bond motifs is 1. The molecular weight excluding hydrogens is 288 g/mol. The van der Waals surface area contributed by atoms with Crippen molar-refractivity contribution < 1.29 is 4.79 Å². The van der Waals surface area contributed by atoms with E-state index in [1.54, 1.807) is 12.5 Å². The van der Waals surface area contributed by atoms with Gasteiger partial charge in [-0.25, -0.2) is 4.98 Å². The van der Waals surface area contributed by atoms with Crippen molar-refractivity contribution in [2.75, 3.05) is 6.54 Å². The molecule has 4 N–H and O–H groups in total. The number of benzene rings is 2. The van der Waals surface area contributed by atoms with Crippen molar-refractivity contribution in [2.45, 2.75) is 18.9 Å². The number of hydrogen-bond acceptors (Lipinski definition) is 3. The first kappa shape index (κ1) is 15.2. The lowest BCUT2D eigenvalue weighted by Gasteiger charge is -2.11. The van der Waals surface area contributed by atoms with Crippen molar-refractivity contribution in [2.24, 2.45) is 5.73 Å². The van der Waals surface area contributed by atoms with Gasteiger partial charge in [0.25, 0.3) is 0 Å². The molecule has 1 atom stereocenters. The fraction of sp³-hybridized carbons (Fsp3) is 0.222. The van der Waals surface area contributed by atoms with Crippen LogP contribution >= 0.6 is 0 Å². The Morgan fingerprint density at radius 3 is 2.83 bits per heavy atom. The second-order valence-electron chi connectivity index (χ2n) is 5.61. The van der Waals surface area contributed by atoms with Gasteiger partial charge in [-0.15, -0.1) is 0 Å². The van der Waals surface area contributed by atoms with Crippen molar-refractivity contribution in [3.05, 3.63) is 66.2 Å². The van der Waals surface area contributed by atoms with E-state index in [0.717, 1.165) is 12.1 Å². The molecule has 0 fully saturated rings. The first-order valence-corrected chi connectivity index (χ1v) is 7.70. The maximum absolute atomic E-state index is 12.0. The smallest absolute Gasteiger partial charge is 0.237 e. The fourth-order valence-electron chi connectivity index (χ4n) is 2.58. The van der Waals surface area contributed by atoms with E-state index in [0.29, 0.717) is 13.0 Å². The van der Waals surface area contributed by atoms with Crippen LogP contribution in [0.5, 0.6) is 0 Å². The van der Waals surface area contributed by atoms with Gasteiger partial charge in [-0.3, -0.25) is 4.79 Å². The van der Waals surface area contributed by atoms with Crippen LogP contribution in [-0.4, -0.2) is 28.5 Å². The number of nitrogens with one attached hydrogen (secondary N) is 2. The van der Waals surface area contributed by atoms with E-state index in [2.05, 4.69) is 45.6 Å². The van der Waals surface area contributed by atoms with E-state index in [1.165, 1.54) is 16.3 Å². The van der Waals surface area contributed by atoms with Crippen LogP contribution in [-0.2, 0) is 17.6 Å². The van der Waals surface area contributed by atoms with E-state index in [4.69, 9.17) is 5.73 Å². The molecule has 5 nitrogen and oxygen atoms in total. The van der Waals surface area contributed by atoms with Crippen LogP contribution in [0.3, 0.4) is 0 Å². The summed E-state index contributed by atoms with van der Waals surface area (Å²) in [4.78, 5) is 18.9. The first-order chi connectivity index (χ1) is 11.2. The van der Waals surface area contributed by atoms with Gasteiger partial charge in [0.2, 0.25) is 5.91 Å². The zero-order valence-electron chi connectivity index (χ0n) is 12.8. The van der Waals surface area contributed by atoms with Crippen LogP contribution in [0.2, 0.25) is 0 Å². The molecule has 118 valence electrons. The average molecular weight is 308 g/mol. The average Bonchev–Trinajstić information content (AvgIpc) is 3.07. The standard InChI is InChI=1S/C18H20N4O/c19-17(10-16-11-20-12-22-16)18(23)21-8-7-13-5-6-14-3-1-2-4-15(14)9-13/h1-6,9,11-12,17H,7-8,10,19H2,(H,20,22)(H,21,23). The minimum atomic E-state index is -0.563. The Morgan fingerprint density at radius 2 is 2.04 bits per heavy atom. The third-order valence-electron chi connectivity index (χ3n) is 3.86. The van der Waals surface area contributed by atoms with Crippen LogP contribution in [0.4, 0.5) is 0 Å². The minimum absolute atomic E-state index is 0.139. The SMILES string of the molecule is NC(Cc1cnc[nH]1)C(=O)NCCc1ccc2ccccc2c1. The van der Waals surface area contributed by atoms with Crippen molar-refractivity contribution in [1.82, 2.24) is 15.3 Å². The Bertz CT molecular complexity index is 783. The number of hydrogen-bond donors (Lipinski definition) is 3. The summed E-state index contributed by atoms with van der Waals surface area (Å²) in [6.45, 7) is 0.577. The summed E-state index contributed by atoms with van der Waals surface area (Å²) < 4.78 is 0. The van der Waals surface area contributed by atoms with Gasteiger partial charge in [0, 0.05) is 24.9 Å². The first-order valence-electron chi connectivity index (χ1n) is 7.70. The molecule has 0 aliphatic heterocycles. The highest BCUT2D eigenvalue weighted by molar-refractivity contribution is 5.83. The second kappa shape index (κ2) is 7.07. The number of nitrogens with two attached hydrogens (primary N) is 1. The predicted octanol–water partition coefficient (Wildman–Crippen LogP) is 1.79. The lowest BCUT2D eigenvalue weighted by Crippen LogP contribution is -2.42. The number of aromatic nitrogens is 2. The topological polar surface area (TPSA) is 83.8 Å². The molecule has 1 aromatic heterocycles. The zero-order chi connectivity index (χ0) is 16.1. The van der Waals surface area contributed by atoms with Crippen LogP contribution in [0.15, 0.2) is 55.0 Å². The van der Waals surface area contributed by atoms with Gasteiger partial charge < -0.3 is 16.0 Å². The van der Waals surface area contributed by atoms with Crippen molar-refractivity contribution in [3.8, 4) is 0 Å². The lowest BCUT2D eigenvalue weighted by molar-refractivity contribution is -0.122. The summed E-state index contributed by atoms with van der Waals surface area (Å²) >= 11 is 0. The largest absolute Gasteiger partial charge is 0.354 e. The van der Waals surface area contributed by atoms with Gasteiger partial charge in [-0.1, -0.05) is 42.5 Å². The molecule has 0 radical (unpaired) electrons. The Morgan fingerprint density at radius 1 is 1.22 bits per heavy atom. The molecule has 0 aliphatic rings. The van der Waals surface area contributed by atoms with E-state index in [9.17, 15) is 4.79 Å². The van der Waals surface area contributed by atoms with Crippen LogP contribution in [0, 0.1) is 0 Å². The Labute approximate surface area is 134 Å². The number of carbonyl (C=O) groups is 1. The summed E-state index contributed by atoms with van der Waals surface area (Å²) in [5.74, 6) is -0.139. The van der Waals surface area contributed by atoms with Gasteiger partial charge in [0.15, 0.2) is 0 Å². The highest BCUT2D eigenvalue weighted by atomic mass is 16.2. The molecular formula is C18H20N4O. The van der Waals surface area contributed by atoms with Crippen molar-refractivity contribution in [3.63, 3.8) is 0 Å². The minimum Gasteiger partial charge on any atom is -0.354 e. The summed E-state index contributed by atoms with van der Waals surface area (Å²) in [5, 5.41) is 5.33. The highest BCUT2D eigenvalue weighted by Crippen LogP contribution is 2.15. The number of carbonyl (C=O) groups excluding carboxylic acids is 1. The maximum Gasteiger partial charge on any atom is 0.237 e. The molecule has 2 aromatic carbocycles. The van der Waals surface area contributed by atoms with Crippen molar-refractivity contribution in [1.29, 1.82) is 0 Å². The predicted molar refractivity (Wildman–Crippen MR) is 90.9 cm³/mol. The fourth-order valence-corrected chi connectivity index (χ4v) is 2.58. The van der Waals surface area contributed by atoms with Crippen molar-refractivity contribution >= 4 is 16.7 Å². The molecule has 3 rings (SSSR count). The number of aromatic amines is 1. The molecule has 0 bridgehead atoms. The number of H-pyrrole nitrogens is 1. The van der Waals surface area contributed by atoms with Gasteiger partial charge in [0.05, 0.1) is 12.4 Å². The maximum atomic E-state index is 12.0. The Hall–Kier alpha value is -2.66. The molecule has 3 aromatic rings. The van der Waals surface area contributed by atoms with E-state index in [1.807, 2.05) is 12.1 Å². The highest BCUT2D eigenvalue weighted by Gasteiger charge is 2.14. The third-order valence-corrected chi connectivity index (χ3v) is 3.86. The normalized spacial score (nSPS) is 12.2. The van der Waals surface area contributed by atoms with E-state index < -0.39 is 6.04 Å². The molecule has 0 saturated heterocycles. The summed E-state index contributed by atoms with van der Waals surface area (Å²) in [5.41, 5.74) is 7.97. The molecule has 1 unspecified atom stereocenters. The van der Waals surface area contributed by atoms with E-state index in [-0.39, 0.29) is 5.91 Å². The van der Waals surface area contributed by atoms with Crippen LogP contribution in [0.1, 0.15) is 11.3 Å². The summed E-state index contributed by atoms with van der Waals surface area (Å²) in [6.07, 6.45) is 4.51. The number of amides is 1. The number of imidazole rings is 1. The summed E-state index contributed by atoms with van der Waals surface area (Å²) in [7, 11) is 0. The molecule has 5 heteroatoms. The molecule has 1 amide bonds. The molecule has 0 spiro atoms. The molecule has 1 heterocycles. The Kier molecular flexibility index (Phi) is 4.68. The second-order valence-corrected chi connectivity index (χ2v) is 5.61. The van der Waals surface area contributed by atoms with Crippen LogP contribution in [0.25, 0.3) is 10.8 Å². The van der Waals surface area contributed by atoms with Gasteiger partial charge in [-0.05, 0) is 22.8 Å². The third kappa shape index (κ3) is 3.96. The number of nitrogens with zero attached hydrogens (tertiary/aromatic N) is 1. The zero-order valence-corrected chi connectivity index (χ0v) is 12.8. The summed E-state index contributed by atoms with van der Waals surface area (Å²) in [6, 6.07) is 14.0. The molecule has 0 aliphatic carbocycles. The van der Waals surface area contributed by atoms with E-state index >= 15 is 0 Å². The molecule has 0 saturated carbocycles. The van der Waals surface area contributed by atoms with Gasteiger partial charge in [0.1, 0.15) is 0 Å².